The third-order valence-corrected chi connectivity index (χ3v) is 3.64. The maximum atomic E-state index is 10.2. The molecule has 0 unspecified atom stereocenters. The smallest absolute Gasteiger partial charge is 0.128 e. The molecule has 1 aromatic rings. The van der Waals surface area contributed by atoms with Crippen LogP contribution >= 0.6 is 0 Å². The number of benzene rings is 1. The molecule has 1 heterocycles. The average molecular weight is 300 g/mol. The van der Waals surface area contributed by atoms with Gasteiger partial charge in [-0.15, -0.1) is 0 Å². The fourth-order valence-corrected chi connectivity index (χ4v) is 2.50. The molecule has 0 saturated carbocycles. The van der Waals surface area contributed by atoms with Gasteiger partial charge in [-0.1, -0.05) is 6.07 Å². The van der Waals surface area contributed by atoms with E-state index in [1.165, 1.54) is 14.2 Å². The summed E-state index contributed by atoms with van der Waals surface area (Å²) >= 11 is 0. The molecule has 1 aliphatic rings. The van der Waals surface area contributed by atoms with Crippen LogP contribution in [0.3, 0.4) is 0 Å². The predicted molar refractivity (Wildman–Crippen MR) is 72.3 cm³/mol. The van der Waals surface area contributed by atoms with Crippen LogP contribution in [0.1, 0.15) is 11.7 Å². The van der Waals surface area contributed by atoms with Crippen molar-refractivity contribution >= 4 is 0 Å². The average Bonchev–Trinajstić information content (AvgIpc) is 2.52. The number of hydrogen-bond acceptors (Lipinski definition) is 7. The minimum atomic E-state index is -1.45. The van der Waals surface area contributed by atoms with Crippen LogP contribution < -0.4 is 9.47 Å². The molecular weight excluding hydrogens is 280 g/mol. The zero-order chi connectivity index (χ0) is 15.6. The summed E-state index contributed by atoms with van der Waals surface area (Å²) in [7, 11) is 2.92. The quantitative estimate of drug-likeness (QED) is 0.577. The van der Waals surface area contributed by atoms with Gasteiger partial charge in [0.05, 0.1) is 26.4 Å². The molecule has 2 rings (SSSR count). The molecular formula is C14H20O7. The second-order valence-electron chi connectivity index (χ2n) is 4.83. The van der Waals surface area contributed by atoms with Gasteiger partial charge in [0, 0.05) is 0 Å². The summed E-state index contributed by atoms with van der Waals surface area (Å²) in [6, 6.07) is 5.05. The minimum absolute atomic E-state index is 0.415. The standard InChI is InChI=1S/C14H20O7/c1-19-7-4-3-5-8(20-2)10(7)14-13(18)12(17)11(16)9(6-15)21-14/h3-5,9,11-18H,6H2,1-2H3/t9-,11-,12+,13-,14+/m1/s1. The van der Waals surface area contributed by atoms with Crippen molar-refractivity contribution in [1.29, 1.82) is 0 Å². The molecule has 7 heteroatoms. The lowest BCUT2D eigenvalue weighted by molar-refractivity contribution is -0.232. The molecule has 1 aliphatic heterocycles. The molecule has 7 nitrogen and oxygen atoms in total. The molecule has 0 bridgehead atoms. The Bertz CT molecular complexity index is 454. The van der Waals surface area contributed by atoms with Gasteiger partial charge in [0.15, 0.2) is 0 Å². The van der Waals surface area contributed by atoms with E-state index in [0.29, 0.717) is 17.1 Å². The first-order valence-corrected chi connectivity index (χ1v) is 6.56. The van der Waals surface area contributed by atoms with E-state index < -0.39 is 37.1 Å². The summed E-state index contributed by atoms with van der Waals surface area (Å²) in [4.78, 5) is 0. The highest BCUT2D eigenvalue weighted by Gasteiger charge is 2.45. The van der Waals surface area contributed by atoms with E-state index in [4.69, 9.17) is 14.2 Å². The zero-order valence-electron chi connectivity index (χ0n) is 11.8. The van der Waals surface area contributed by atoms with Crippen molar-refractivity contribution in [1.82, 2.24) is 0 Å². The highest BCUT2D eigenvalue weighted by atomic mass is 16.5. The van der Waals surface area contributed by atoms with Crippen LogP contribution in [-0.2, 0) is 4.74 Å². The van der Waals surface area contributed by atoms with Crippen LogP contribution in [0.4, 0.5) is 0 Å². The van der Waals surface area contributed by atoms with Crippen molar-refractivity contribution < 1.29 is 34.6 Å². The van der Waals surface area contributed by atoms with Crippen molar-refractivity contribution in [3.63, 3.8) is 0 Å². The normalized spacial score (nSPS) is 32.8. The SMILES string of the molecule is COc1cccc(OC)c1[C@@H]1O[C@H](CO)[C@@H](O)[C@H](O)[C@H]1O. The molecule has 0 aliphatic carbocycles. The second-order valence-corrected chi connectivity index (χ2v) is 4.83. The number of hydrogen-bond donors (Lipinski definition) is 4. The van der Waals surface area contributed by atoms with E-state index >= 15 is 0 Å². The van der Waals surface area contributed by atoms with E-state index in [2.05, 4.69) is 0 Å². The molecule has 5 atom stereocenters. The zero-order valence-corrected chi connectivity index (χ0v) is 11.8. The summed E-state index contributed by atoms with van der Waals surface area (Å²) in [5.74, 6) is 0.831. The van der Waals surface area contributed by atoms with Gasteiger partial charge < -0.3 is 34.6 Å². The Labute approximate surface area is 122 Å². The van der Waals surface area contributed by atoms with E-state index in [9.17, 15) is 20.4 Å². The molecule has 1 aromatic carbocycles. The van der Waals surface area contributed by atoms with Crippen molar-refractivity contribution in [2.45, 2.75) is 30.5 Å². The highest BCUT2D eigenvalue weighted by molar-refractivity contribution is 5.47. The van der Waals surface area contributed by atoms with Crippen molar-refractivity contribution in [2.24, 2.45) is 0 Å². The summed E-state index contributed by atoms with van der Waals surface area (Å²) in [5.41, 5.74) is 0.416. The Morgan fingerprint density at radius 3 is 2.05 bits per heavy atom. The summed E-state index contributed by atoms with van der Waals surface area (Å²) in [6.45, 7) is -0.487. The fourth-order valence-electron chi connectivity index (χ4n) is 2.50. The molecule has 0 spiro atoms. The van der Waals surface area contributed by atoms with E-state index in [1.807, 2.05) is 0 Å². The highest BCUT2D eigenvalue weighted by Crippen LogP contribution is 2.41. The van der Waals surface area contributed by atoms with Gasteiger partial charge in [-0.2, -0.15) is 0 Å². The van der Waals surface area contributed by atoms with Crippen LogP contribution in [0, 0.1) is 0 Å². The number of aliphatic hydroxyl groups excluding tert-OH is 4. The fraction of sp³-hybridized carbons (Fsp3) is 0.571. The van der Waals surface area contributed by atoms with Crippen LogP contribution in [0.2, 0.25) is 0 Å². The van der Waals surface area contributed by atoms with Crippen molar-refractivity contribution in [2.75, 3.05) is 20.8 Å². The Morgan fingerprint density at radius 1 is 1.00 bits per heavy atom. The van der Waals surface area contributed by atoms with E-state index in [0.717, 1.165) is 0 Å². The largest absolute Gasteiger partial charge is 0.496 e. The lowest BCUT2D eigenvalue weighted by atomic mass is 9.90. The Hall–Kier alpha value is -1.38. The van der Waals surface area contributed by atoms with Crippen molar-refractivity contribution in [3.05, 3.63) is 23.8 Å². The molecule has 118 valence electrons. The topological polar surface area (TPSA) is 109 Å². The molecule has 1 saturated heterocycles. The van der Waals surface area contributed by atoms with Crippen LogP contribution in [0.5, 0.6) is 11.5 Å². The number of ether oxygens (including phenoxy) is 3. The lowest BCUT2D eigenvalue weighted by Gasteiger charge is -2.40. The van der Waals surface area contributed by atoms with Gasteiger partial charge in [0.2, 0.25) is 0 Å². The molecule has 4 N–H and O–H groups in total. The molecule has 0 aromatic heterocycles. The lowest BCUT2D eigenvalue weighted by Crippen LogP contribution is -2.55. The Morgan fingerprint density at radius 2 is 1.57 bits per heavy atom. The molecule has 21 heavy (non-hydrogen) atoms. The van der Waals surface area contributed by atoms with Crippen LogP contribution in [0.15, 0.2) is 18.2 Å². The number of methoxy groups -OCH3 is 2. The monoisotopic (exact) mass is 300 g/mol. The van der Waals surface area contributed by atoms with Crippen LogP contribution in [0.25, 0.3) is 0 Å². The van der Waals surface area contributed by atoms with Gasteiger partial charge in [0.25, 0.3) is 0 Å². The summed E-state index contributed by atoms with van der Waals surface area (Å²) < 4.78 is 16.0. The van der Waals surface area contributed by atoms with Gasteiger partial charge in [-0.25, -0.2) is 0 Å². The van der Waals surface area contributed by atoms with Crippen LogP contribution in [-0.4, -0.2) is 65.7 Å². The first-order chi connectivity index (χ1) is 10.0. The maximum Gasteiger partial charge on any atom is 0.128 e. The van der Waals surface area contributed by atoms with E-state index in [1.54, 1.807) is 18.2 Å². The number of aliphatic hydroxyl groups is 4. The first kappa shape index (κ1) is 16.0. The maximum absolute atomic E-state index is 10.2. The van der Waals surface area contributed by atoms with Gasteiger partial charge in [0.1, 0.15) is 42.0 Å². The Kier molecular flexibility index (Phi) is 5.02. The molecule has 0 radical (unpaired) electrons. The van der Waals surface area contributed by atoms with Gasteiger partial charge in [-0.3, -0.25) is 0 Å². The number of rotatable bonds is 4. The van der Waals surface area contributed by atoms with Gasteiger partial charge >= 0.3 is 0 Å². The summed E-state index contributed by atoms with van der Waals surface area (Å²) in [5, 5.41) is 39.1. The third kappa shape index (κ3) is 2.83. The molecule has 1 fully saturated rings. The summed E-state index contributed by atoms with van der Waals surface area (Å²) in [6.07, 6.45) is -6.21. The minimum Gasteiger partial charge on any atom is -0.496 e. The van der Waals surface area contributed by atoms with E-state index in [-0.39, 0.29) is 0 Å². The van der Waals surface area contributed by atoms with Gasteiger partial charge in [-0.05, 0) is 12.1 Å². The Balaban J connectivity index is 2.44. The van der Waals surface area contributed by atoms with Crippen molar-refractivity contribution in [3.8, 4) is 11.5 Å². The third-order valence-electron chi connectivity index (χ3n) is 3.64. The molecule has 0 amide bonds. The first-order valence-electron chi connectivity index (χ1n) is 6.56. The second kappa shape index (κ2) is 6.59. The predicted octanol–water partition coefficient (Wildman–Crippen LogP) is -0.781.